The molecule has 0 bridgehead atoms. The molecule has 3 rings (SSSR count). The monoisotopic (exact) mass is 390 g/mol. The Labute approximate surface area is 159 Å². The second-order valence-corrected chi connectivity index (χ2v) is 7.33. The Bertz CT molecular complexity index is 899. The van der Waals surface area contributed by atoms with E-state index in [-0.39, 0.29) is 17.6 Å². The summed E-state index contributed by atoms with van der Waals surface area (Å²) < 4.78 is 4.69. The number of aryl methyl sites for hydroxylation is 1. The normalized spacial score (nSPS) is 20.6. The van der Waals surface area contributed by atoms with Gasteiger partial charge in [-0.05, 0) is 24.8 Å². The number of amides is 3. The first-order chi connectivity index (χ1) is 12.7. The molecule has 1 spiro atoms. The number of ether oxygens (including phenoxy) is 1. The topological polar surface area (TPSA) is 108 Å². The molecule has 27 heavy (non-hydrogen) atoms. The highest BCUT2D eigenvalue weighted by Gasteiger charge is 2.61. The maximum Gasteiger partial charge on any atom is 0.325 e. The maximum atomic E-state index is 13.4. The third kappa shape index (κ3) is 2.95. The van der Waals surface area contributed by atoms with E-state index in [2.05, 4.69) is 10.4 Å². The molecule has 10 heteroatoms. The van der Waals surface area contributed by atoms with Crippen LogP contribution in [0, 0.1) is 6.92 Å². The molecule has 0 aliphatic carbocycles. The van der Waals surface area contributed by atoms with Gasteiger partial charge in [0.2, 0.25) is 16.7 Å². The standard InChI is InChI=1S/C17H18N4O5S/c1-9-5-6-13-12(7-9)17(15(25)20(13)8-14(24)26-4)21(11(3)23)19-16(27-17)18-10(2)22/h5-7H,8H2,1-4H3,(H,18,19,22)/t17-/m1/s1. The van der Waals surface area contributed by atoms with Crippen LogP contribution in [0.25, 0.3) is 0 Å². The Morgan fingerprint density at radius 1 is 1.30 bits per heavy atom. The zero-order valence-corrected chi connectivity index (χ0v) is 16.0. The van der Waals surface area contributed by atoms with Crippen molar-refractivity contribution in [3.05, 3.63) is 29.3 Å². The molecular formula is C17H18N4O5S. The van der Waals surface area contributed by atoms with Gasteiger partial charge < -0.3 is 10.1 Å². The lowest BCUT2D eigenvalue weighted by Crippen LogP contribution is -2.49. The van der Waals surface area contributed by atoms with E-state index in [1.807, 2.05) is 13.0 Å². The van der Waals surface area contributed by atoms with Crippen LogP contribution in [0.5, 0.6) is 0 Å². The van der Waals surface area contributed by atoms with Gasteiger partial charge in [-0.25, -0.2) is 0 Å². The Morgan fingerprint density at radius 2 is 2.00 bits per heavy atom. The Morgan fingerprint density at radius 3 is 2.59 bits per heavy atom. The molecule has 0 unspecified atom stereocenters. The summed E-state index contributed by atoms with van der Waals surface area (Å²) in [5, 5.41) is 7.87. The van der Waals surface area contributed by atoms with Crippen LogP contribution in [0.1, 0.15) is 25.0 Å². The molecule has 1 aromatic carbocycles. The first-order valence-electron chi connectivity index (χ1n) is 8.06. The van der Waals surface area contributed by atoms with Gasteiger partial charge in [0.1, 0.15) is 6.54 Å². The number of anilines is 1. The molecule has 3 amide bonds. The Hall–Kier alpha value is -2.88. The number of esters is 1. The summed E-state index contributed by atoms with van der Waals surface area (Å²) in [7, 11) is 1.24. The number of carbonyl (C=O) groups is 4. The number of carbonyl (C=O) groups excluding carboxylic acids is 4. The summed E-state index contributed by atoms with van der Waals surface area (Å²) in [5.74, 6) is -1.93. The number of methoxy groups -OCH3 is 1. The fourth-order valence-corrected chi connectivity index (χ4v) is 4.40. The molecule has 0 aromatic heterocycles. The summed E-state index contributed by atoms with van der Waals surface area (Å²) in [6, 6.07) is 5.30. The lowest BCUT2D eigenvalue weighted by molar-refractivity contribution is -0.141. The van der Waals surface area contributed by atoms with E-state index < -0.39 is 22.7 Å². The van der Waals surface area contributed by atoms with Crippen molar-refractivity contribution in [2.75, 3.05) is 18.6 Å². The van der Waals surface area contributed by atoms with Crippen molar-refractivity contribution in [1.29, 1.82) is 0 Å². The molecule has 142 valence electrons. The van der Waals surface area contributed by atoms with Crippen molar-refractivity contribution in [2.45, 2.75) is 25.6 Å². The number of thioether (sulfide) groups is 1. The van der Waals surface area contributed by atoms with Crippen LogP contribution in [0.2, 0.25) is 0 Å². The third-order valence-corrected chi connectivity index (χ3v) is 5.41. The van der Waals surface area contributed by atoms with E-state index in [0.29, 0.717) is 11.3 Å². The average molecular weight is 390 g/mol. The van der Waals surface area contributed by atoms with Gasteiger partial charge in [0.05, 0.1) is 12.8 Å². The predicted octanol–water partition coefficient (Wildman–Crippen LogP) is 0.670. The van der Waals surface area contributed by atoms with Gasteiger partial charge in [0.15, 0.2) is 5.17 Å². The third-order valence-electron chi connectivity index (χ3n) is 4.17. The Kier molecular flexibility index (Phi) is 4.68. The number of nitrogens with one attached hydrogen (secondary N) is 1. The van der Waals surface area contributed by atoms with Gasteiger partial charge in [-0.15, -0.1) is 5.10 Å². The van der Waals surface area contributed by atoms with Crippen molar-refractivity contribution >= 4 is 46.3 Å². The smallest absolute Gasteiger partial charge is 0.325 e. The minimum atomic E-state index is -1.51. The summed E-state index contributed by atoms with van der Waals surface area (Å²) in [6.45, 7) is 4.15. The fraction of sp³-hybridized carbons (Fsp3) is 0.353. The van der Waals surface area contributed by atoms with Gasteiger partial charge in [0.25, 0.3) is 5.91 Å². The molecule has 2 aliphatic rings. The number of rotatable bonds is 2. The molecule has 0 fully saturated rings. The van der Waals surface area contributed by atoms with Gasteiger partial charge in [0, 0.05) is 19.4 Å². The van der Waals surface area contributed by atoms with E-state index in [4.69, 9.17) is 4.74 Å². The van der Waals surface area contributed by atoms with Crippen LogP contribution in [0.3, 0.4) is 0 Å². The Balaban J connectivity index is 2.15. The number of nitrogens with zero attached hydrogens (tertiary/aromatic N) is 3. The minimum Gasteiger partial charge on any atom is -0.468 e. The van der Waals surface area contributed by atoms with Crippen LogP contribution >= 0.6 is 11.8 Å². The molecule has 1 N–H and O–H groups in total. The zero-order chi connectivity index (χ0) is 19.9. The summed E-state index contributed by atoms with van der Waals surface area (Å²) in [5.41, 5.74) is 1.90. The van der Waals surface area contributed by atoms with Crippen molar-refractivity contribution in [2.24, 2.45) is 5.10 Å². The van der Waals surface area contributed by atoms with Gasteiger partial charge in [-0.2, -0.15) is 5.01 Å². The second kappa shape index (κ2) is 6.69. The van der Waals surface area contributed by atoms with Crippen LogP contribution < -0.4 is 10.2 Å². The predicted molar refractivity (Wildman–Crippen MR) is 98.6 cm³/mol. The minimum absolute atomic E-state index is 0.137. The van der Waals surface area contributed by atoms with E-state index in [0.717, 1.165) is 22.3 Å². The number of fused-ring (bicyclic) bond motifs is 2. The SMILES string of the molecule is COC(=O)CN1C(=O)[C@]2(SC(NC(C)=O)=NN2C(C)=O)c2cc(C)ccc21. The van der Waals surface area contributed by atoms with Crippen LogP contribution in [0.15, 0.2) is 23.3 Å². The molecule has 0 saturated carbocycles. The number of hydrazone groups is 1. The second-order valence-electron chi connectivity index (χ2n) is 6.15. The van der Waals surface area contributed by atoms with Crippen molar-refractivity contribution in [3.63, 3.8) is 0 Å². The summed E-state index contributed by atoms with van der Waals surface area (Å²) >= 11 is 0.963. The van der Waals surface area contributed by atoms with E-state index >= 15 is 0 Å². The van der Waals surface area contributed by atoms with Crippen LogP contribution in [0.4, 0.5) is 5.69 Å². The van der Waals surface area contributed by atoms with Crippen LogP contribution in [-0.2, 0) is 28.8 Å². The number of amidine groups is 1. The van der Waals surface area contributed by atoms with E-state index in [1.54, 1.807) is 12.1 Å². The highest BCUT2D eigenvalue weighted by Crippen LogP contribution is 2.54. The van der Waals surface area contributed by atoms with E-state index in [9.17, 15) is 19.2 Å². The molecule has 2 heterocycles. The fourth-order valence-electron chi connectivity index (χ4n) is 3.08. The first-order valence-corrected chi connectivity index (χ1v) is 8.88. The van der Waals surface area contributed by atoms with Gasteiger partial charge in [-0.3, -0.25) is 24.1 Å². The van der Waals surface area contributed by atoms with Gasteiger partial charge >= 0.3 is 5.97 Å². The average Bonchev–Trinajstić information content (AvgIpc) is 3.07. The molecule has 2 aliphatic heterocycles. The lowest BCUT2D eigenvalue weighted by Gasteiger charge is -2.29. The number of hydrogen-bond donors (Lipinski definition) is 1. The van der Waals surface area contributed by atoms with Crippen LogP contribution in [-0.4, -0.2) is 47.5 Å². The molecule has 1 aromatic rings. The number of benzene rings is 1. The molecule has 1 atom stereocenters. The zero-order valence-electron chi connectivity index (χ0n) is 15.2. The lowest BCUT2D eigenvalue weighted by atomic mass is 10.0. The highest BCUT2D eigenvalue weighted by molar-refractivity contribution is 8.15. The highest BCUT2D eigenvalue weighted by atomic mass is 32.2. The first kappa shape index (κ1) is 18.9. The maximum absolute atomic E-state index is 13.4. The van der Waals surface area contributed by atoms with Crippen molar-refractivity contribution in [3.8, 4) is 0 Å². The summed E-state index contributed by atoms with van der Waals surface area (Å²) in [6.07, 6.45) is 0. The molecule has 9 nitrogen and oxygen atoms in total. The molecular weight excluding hydrogens is 372 g/mol. The number of hydrogen-bond acceptors (Lipinski definition) is 7. The summed E-state index contributed by atoms with van der Waals surface area (Å²) in [4.78, 5) is 48.7. The van der Waals surface area contributed by atoms with Gasteiger partial charge in [-0.1, -0.05) is 17.7 Å². The van der Waals surface area contributed by atoms with E-state index in [1.165, 1.54) is 25.9 Å². The quantitative estimate of drug-likeness (QED) is 0.744. The largest absolute Gasteiger partial charge is 0.468 e. The molecule has 0 saturated heterocycles. The molecule has 0 radical (unpaired) electrons. The van der Waals surface area contributed by atoms with Crippen molar-refractivity contribution in [1.82, 2.24) is 10.3 Å². The van der Waals surface area contributed by atoms with Crippen molar-refractivity contribution < 1.29 is 23.9 Å².